The molecule has 1 aliphatic heterocycles. The zero-order valence-corrected chi connectivity index (χ0v) is 18.5. The smallest absolute Gasteiger partial charge is 0.311 e. The van der Waals surface area contributed by atoms with Gasteiger partial charge in [-0.15, -0.1) is 0 Å². The maximum absolute atomic E-state index is 12.5. The standard InChI is InChI=1S/C24H26N2O3S/c1-17-22-19(13-10-18-11-14-20(15-12-18)24(2,3)4)16-30(27,28)29-23(22)26(25-17)21-8-6-5-7-9-21/h5-15,19H,16H2,1-4H3/b13-10+. The summed E-state index contributed by atoms with van der Waals surface area (Å²) in [6.07, 6.45) is 3.91. The lowest BCUT2D eigenvalue weighted by molar-refractivity contribution is 0.448. The van der Waals surface area contributed by atoms with Crippen molar-refractivity contribution < 1.29 is 12.6 Å². The number of allylic oxidation sites excluding steroid dienone is 1. The van der Waals surface area contributed by atoms with Crippen molar-refractivity contribution in [3.63, 3.8) is 0 Å². The largest absolute Gasteiger partial charge is 0.361 e. The first-order valence-electron chi connectivity index (χ1n) is 10.00. The summed E-state index contributed by atoms with van der Waals surface area (Å²) >= 11 is 0. The molecule has 6 heteroatoms. The third-order valence-corrected chi connectivity index (χ3v) is 6.50. The van der Waals surface area contributed by atoms with E-state index in [9.17, 15) is 8.42 Å². The molecule has 2 aromatic carbocycles. The van der Waals surface area contributed by atoms with Crippen LogP contribution in [0.2, 0.25) is 0 Å². The van der Waals surface area contributed by atoms with E-state index in [1.54, 1.807) is 4.68 Å². The SMILES string of the molecule is Cc1nn(-c2ccccc2)c2c1C(/C=C/c1ccc(C(C)(C)C)cc1)CS(=O)(=O)O2. The lowest BCUT2D eigenvalue weighted by Crippen LogP contribution is -2.25. The fourth-order valence-corrected chi connectivity index (χ4v) is 4.89. The van der Waals surface area contributed by atoms with Crippen molar-refractivity contribution in [1.82, 2.24) is 9.78 Å². The topological polar surface area (TPSA) is 61.2 Å². The average Bonchev–Trinajstić information content (AvgIpc) is 3.01. The van der Waals surface area contributed by atoms with Gasteiger partial charge in [-0.2, -0.15) is 18.2 Å². The average molecular weight is 423 g/mol. The van der Waals surface area contributed by atoms with Crippen LogP contribution >= 0.6 is 0 Å². The van der Waals surface area contributed by atoms with Crippen LogP contribution in [0.1, 0.15) is 49.1 Å². The van der Waals surface area contributed by atoms with E-state index in [0.29, 0.717) is 0 Å². The second kappa shape index (κ2) is 7.43. The Bertz CT molecular complexity index is 1190. The van der Waals surface area contributed by atoms with E-state index < -0.39 is 10.1 Å². The van der Waals surface area contributed by atoms with Crippen molar-refractivity contribution in [2.45, 2.75) is 39.0 Å². The summed E-state index contributed by atoms with van der Waals surface area (Å²) in [5.74, 6) is -0.140. The Morgan fingerprint density at radius 2 is 1.73 bits per heavy atom. The van der Waals surface area contributed by atoms with E-state index in [0.717, 1.165) is 22.5 Å². The molecule has 0 bridgehead atoms. The van der Waals surface area contributed by atoms with Crippen molar-refractivity contribution in [1.29, 1.82) is 0 Å². The fourth-order valence-electron chi connectivity index (χ4n) is 3.70. The number of nitrogens with zero attached hydrogens (tertiary/aromatic N) is 2. The van der Waals surface area contributed by atoms with Crippen molar-refractivity contribution in [3.05, 3.63) is 83.1 Å². The first-order chi connectivity index (χ1) is 14.1. The molecule has 1 atom stereocenters. The van der Waals surface area contributed by atoms with Gasteiger partial charge in [-0.25, -0.2) is 0 Å². The Labute approximate surface area is 178 Å². The summed E-state index contributed by atoms with van der Waals surface area (Å²) in [5, 5.41) is 4.57. The Balaban J connectivity index is 1.71. The molecule has 0 saturated carbocycles. The molecule has 0 spiro atoms. The maximum Gasteiger partial charge on any atom is 0.311 e. The van der Waals surface area contributed by atoms with Crippen molar-refractivity contribution >= 4 is 16.2 Å². The zero-order valence-electron chi connectivity index (χ0n) is 17.7. The van der Waals surface area contributed by atoms with Crippen LogP contribution in [0.3, 0.4) is 0 Å². The molecule has 5 nitrogen and oxygen atoms in total. The predicted octanol–water partition coefficient (Wildman–Crippen LogP) is 5.00. The van der Waals surface area contributed by atoms with Crippen LogP contribution in [-0.2, 0) is 15.5 Å². The summed E-state index contributed by atoms with van der Waals surface area (Å²) in [7, 11) is -3.71. The van der Waals surface area contributed by atoms with Crippen molar-refractivity contribution in [2.24, 2.45) is 0 Å². The molecular weight excluding hydrogens is 396 g/mol. The van der Waals surface area contributed by atoms with Gasteiger partial charge < -0.3 is 4.18 Å². The minimum absolute atomic E-state index is 0.0923. The van der Waals surface area contributed by atoms with Gasteiger partial charge in [0.15, 0.2) is 0 Å². The van der Waals surface area contributed by atoms with Crippen LogP contribution in [0.15, 0.2) is 60.7 Å². The van der Waals surface area contributed by atoms with E-state index >= 15 is 0 Å². The number of fused-ring (bicyclic) bond motifs is 1. The Hall–Kier alpha value is -2.86. The Morgan fingerprint density at radius 3 is 2.37 bits per heavy atom. The lowest BCUT2D eigenvalue weighted by Gasteiger charge is -2.21. The highest BCUT2D eigenvalue weighted by Gasteiger charge is 2.35. The van der Waals surface area contributed by atoms with Crippen LogP contribution in [0, 0.1) is 6.92 Å². The van der Waals surface area contributed by atoms with Crippen molar-refractivity contribution in [2.75, 3.05) is 5.75 Å². The third-order valence-electron chi connectivity index (χ3n) is 5.32. The fraction of sp³-hybridized carbons (Fsp3) is 0.292. The van der Waals surface area contributed by atoms with Gasteiger partial charge in [0.25, 0.3) is 0 Å². The molecule has 1 aromatic heterocycles. The second-order valence-corrected chi connectivity index (χ2v) is 10.3. The molecule has 0 amide bonds. The first-order valence-corrected chi connectivity index (χ1v) is 11.6. The van der Waals surface area contributed by atoms with Gasteiger partial charge in [-0.1, -0.05) is 75.4 Å². The van der Waals surface area contributed by atoms with Crippen LogP contribution < -0.4 is 4.18 Å². The molecule has 1 unspecified atom stereocenters. The molecule has 3 aromatic rings. The van der Waals surface area contributed by atoms with Gasteiger partial charge in [-0.3, -0.25) is 0 Å². The molecule has 30 heavy (non-hydrogen) atoms. The van der Waals surface area contributed by atoms with Gasteiger partial charge in [0.05, 0.1) is 17.1 Å². The summed E-state index contributed by atoms with van der Waals surface area (Å²) in [6.45, 7) is 8.43. The molecule has 0 aliphatic carbocycles. The third kappa shape index (κ3) is 4.05. The van der Waals surface area contributed by atoms with Gasteiger partial charge in [0.1, 0.15) is 0 Å². The maximum atomic E-state index is 12.5. The summed E-state index contributed by atoms with van der Waals surface area (Å²) in [4.78, 5) is 0. The number of rotatable bonds is 3. The van der Waals surface area contributed by atoms with E-state index in [1.807, 2.05) is 49.4 Å². The van der Waals surface area contributed by atoms with E-state index in [-0.39, 0.29) is 23.0 Å². The molecule has 1 aliphatic rings. The predicted molar refractivity (Wildman–Crippen MR) is 120 cm³/mol. The zero-order chi connectivity index (χ0) is 21.5. The van der Waals surface area contributed by atoms with Crippen LogP contribution in [0.4, 0.5) is 0 Å². The normalized spacial score (nSPS) is 18.2. The van der Waals surface area contributed by atoms with Gasteiger partial charge in [-0.05, 0) is 35.6 Å². The molecule has 0 radical (unpaired) electrons. The Morgan fingerprint density at radius 1 is 1.07 bits per heavy atom. The first kappa shape index (κ1) is 20.4. The molecule has 0 N–H and O–H groups in total. The second-order valence-electron chi connectivity index (χ2n) is 8.70. The monoisotopic (exact) mass is 422 g/mol. The Kier molecular flexibility index (Phi) is 5.06. The number of hydrogen-bond donors (Lipinski definition) is 0. The number of aryl methyl sites for hydroxylation is 1. The molecule has 0 fully saturated rings. The molecule has 4 rings (SSSR count). The van der Waals surface area contributed by atoms with E-state index in [2.05, 4.69) is 50.1 Å². The van der Waals surface area contributed by atoms with E-state index in [4.69, 9.17) is 4.18 Å². The molecule has 2 heterocycles. The highest BCUT2D eigenvalue weighted by atomic mass is 32.2. The highest BCUT2D eigenvalue weighted by Crippen LogP contribution is 2.39. The number of para-hydroxylation sites is 1. The van der Waals surface area contributed by atoms with Crippen LogP contribution in [0.25, 0.3) is 11.8 Å². The minimum atomic E-state index is -3.71. The lowest BCUT2D eigenvalue weighted by atomic mass is 9.86. The van der Waals surface area contributed by atoms with Crippen molar-refractivity contribution in [3.8, 4) is 11.6 Å². The van der Waals surface area contributed by atoms with Crippen LogP contribution in [-0.4, -0.2) is 24.0 Å². The number of aromatic nitrogens is 2. The summed E-state index contributed by atoms with van der Waals surface area (Å²) in [6, 6.07) is 17.8. The molecule has 156 valence electrons. The van der Waals surface area contributed by atoms with Gasteiger partial charge in [0.2, 0.25) is 5.88 Å². The summed E-state index contributed by atoms with van der Waals surface area (Å²) in [5.41, 5.74) is 4.73. The quantitative estimate of drug-likeness (QED) is 0.558. The molecular formula is C24H26N2O3S. The minimum Gasteiger partial charge on any atom is -0.361 e. The molecule has 0 saturated heterocycles. The van der Waals surface area contributed by atoms with E-state index in [1.165, 1.54) is 5.56 Å². The summed E-state index contributed by atoms with van der Waals surface area (Å²) < 4.78 is 31.9. The van der Waals surface area contributed by atoms with Gasteiger partial charge >= 0.3 is 10.1 Å². The number of hydrogen-bond acceptors (Lipinski definition) is 4. The number of benzene rings is 2. The van der Waals surface area contributed by atoms with Crippen LogP contribution in [0.5, 0.6) is 5.88 Å². The highest BCUT2D eigenvalue weighted by molar-refractivity contribution is 7.87. The van der Waals surface area contributed by atoms with Gasteiger partial charge in [0, 0.05) is 11.5 Å².